The highest BCUT2D eigenvalue weighted by molar-refractivity contribution is 9.10. The first-order chi connectivity index (χ1) is 6.56. The molecule has 0 spiro atoms. The van der Waals surface area contributed by atoms with Crippen molar-refractivity contribution in [3.63, 3.8) is 0 Å². The number of aliphatic hydroxyl groups is 2. The first kappa shape index (κ1) is 11.7. The summed E-state index contributed by atoms with van der Waals surface area (Å²) in [6.45, 7) is 1.93. The Balaban J connectivity index is 2.99. The average molecular weight is 260 g/mol. The minimum absolute atomic E-state index is 0.0487. The number of hydrogen-bond acceptors (Lipinski definition) is 3. The van der Waals surface area contributed by atoms with E-state index in [1.54, 1.807) is 6.07 Å². The number of aryl methyl sites for hydroxylation is 1. The lowest BCUT2D eigenvalue weighted by Crippen LogP contribution is -2.27. The molecule has 0 bridgehead atoms. The van der Waals surface area contributed by atoms with Crippen molar-refractivity contribution >= 4 is 15.9 Å². The molecular formula is C10H14BrNO2. The summed E-state index contributed by atoms with van der Waals surface area (Å²) >= 11 is 3.31. The monoisotopic (exact) mass is 259 g/mol. The molecule has 0 aliphatic carbocycles. The average Bonchev–Trinajstić information content (AvgIpc) is 2.19. The van der Waals surface area contributed by atoms with Crippen LogP contribution in [0.1, 0.15) is 17.2 Å². The van der Waals surface area contributed by atoms with Crippen LogP contribution in [-0.2, 0) is 0 Å². The summed E-state index contributed by atoms with van der Waals surface area (Å²) in [5, 5.41) is 19.1. The molecule has 0 saturated carbocycles. The molecule has 1 aromatic rings. The summed E-state index contributed by atoms with van der Waals surface area (Å²) in [6, 6.07) is 5.56. The molecule has 0 aliphatic heterocycles. The third kappa shape index (κ3) is 2.54. The summed E-state index contributed by atoms with van der Waals surface area (Å²) in [5.74, 6) is 0. The Morgan fingerprint density at radius 3 is 2.64 bits per heavy atom. The number of rotatable bonds is 3. The van der Waals surface area contributed by atoms with E-state index < -0.39 is 12.2 Å². The molecule has 3 nitrogen and oxygen atoms in total. The second-order valence-electron chi connectivity index (χ2n) is 3.25. The number of nitrogens with two attached hydrogens (primary N) is 1. The lowest BCUT2D eigenvalue weighted by molar-refractivity contribution is 0.0239. The van der Waals surface area contributed by atoms with Crippen molar-refractivity contribution in [1.29, 1.82) is 0 Å². The fraction of sp³-hybridized carbons (Fsp3) is 0.400. The number of halogens is 1. The molecule has 0 aromatic heterocycles. The third-order valence-electron chi connectivity index (χ3n) is 2.17. The highest BCUT2D eigenvalue weighted by atomic mass is 79.9. The summed E-state index contributed by atoms with van der Waals surface area (Å²) in [5.41, 5.74) is 6.92. The summed E-state index contributed by atoms with van der Waals surface area (Å²) in [7, 11) is 0. The second kappa shape index (κ2) is 4.89. The smallest absolute Gasteiger partial charge is 0.106 e. The lowest BCUT2D eigenvalue weighted by Gasteiger charge is -2.18. The highest BCUT2D eigenvalue weighted by Gasteiger charge is 2.18. The van der Waals surface area contributed by atoms with Crippen LogP contribution in [0.25, 0.3) is 0 Å². The van der Waals surface area contributed by atoms with Gasteiger partial charge in [-0.1, -0.05) is 22.0 Å². The molecule has 0 heterocycles. The first-order valence-electron chi connectivity index (χ1n) is 4.38. The maximum atomic E-state index is 9.74. The summed E-state index contributed by atoms with van der Waals surface area (Å²) < 4.78 is 0.876. The van der Waals surface area contributed by atoms with Crippen LogP contribution in [0, 0.1) is 6.92 Å². The summed E-state index contributed by atoms with van der Waals surface area (Å²) in [4.78, 5) is 0. The molecule has 78 valence electrons. The van der Waals surface area contributed by atoms with Crippen LogP contribution in [0.15, 0.2) is 22.7 Å². The van der Waals surface area contributed by atoms with Crippen LogP contribution in [-0.4, -0.2) is 22.9 Å². The molecule has 1 rings (SSSR count). The summed E-state index contributed by atoms with van der Waals surface area (Å²) in [6.07, 6.45) is -1.83. The van der Waals surface area contributed by atoms with Crippen molar-refractivity contribution in [2.45, 2.75) is 19.1 Å². The van der Waals surface area contributed by atoms with Crippen molar-refractivity contribution in [3.05, 3.63) is 33.8 Å². The van der Waals surface area contributed by atoms with E-state index in [4.69, 9.17) is 5.73 Å². The molecule has 2 unspecified atom stereocenters. The van der Waals surface area contributed by atoms with Gasteiger partial charge in [-0.2, -0.15) is 0 Å². The Morgan fingerprint density at radius 2 is 2.07 bits per heavy atom. The highest BCUT2D eigenvalue weighted by Crippen LogP contribution is 2.24. The predicted molar refractivity (Wildman–Crippen MR) is 58.9 cm³/mol. The number of aliphatic hydroxyl groups excluding tert-OH is 2. The zero-order valence-electron chi connectivity index (χ0n) is 7.94. The van der Waals surface area contributed by atoms with Crippen molar-refractivity contribution in [2.75, 3.05) is 6.54 Å². The van der Waals surface area contributed by atoms with Crippen LogP contribution >= 0.6 is 15.9 Å². The molecule has 1 aromatic carbocycles. The molecule has 2 atom stereocenters. The van der Waals surface area contributed by atoms with Crippen molar-refractivity contribution in [2.24, 2.45) is 5.73 Å². The van der Waals surface area contributed by atoms with E-state index in [1.807, 2.05) is 19.1 Å². The van der Waals surface area contributed by atoms with E-state index in [9.17, 15) is 10.2 Å². The van der Waals surface area contributed by atoms with Crippen LogP contribution in [0.3, 0.4) is 0 Å². The third-order valence-corrected chi connectivity index (χ3v) is 2.66. The molecule has 0 aliphatic rings. The number of benzene rings is 1. The van der Waals surface area contributed by atoms with Crippen molar-refractivity contribution in [3.8, 4) is 0 Å². The minimum Gasteiger partial charge on any atom is -0.389 e. The van der Waals surface area contributed by atoms with Gasteiger partial charge in [0.25, 0.3) is 0 Å². The quantitative estimate of drug-likeness (QED) is 0.762. The Kier molecular flexibility index (Phi) is 4.07. The van der Waals surface area contributed by atoms with E-state index in [2.05, 4.69) is 15.9 Å². The lowest BCUT2D eigenvalue weighted by atomic mass is 10.00. The molecule has 14 heavy (non-hydrogen) atoms. The van der Waals surface area contributed by atoms with Gasteiger partial charge in [-0.25, -0.2) is 0 Å². The van der Waals surface area contributed by atoms with Gasteiger partial charge >= 0.3 is 0 Å². The molecule has 4 N–H and O–H groups in total. The van der Waals surface area contributed by atoms with Crippen LogP contribution in [0.5, 0.6) is 0 Å². The fourth-order valence-corrected chi connectivity index (χ4v) is 1.64. The first-order valence-corrected chi connectivity index (χ1v) is 5.17. The van der Waals surface area contributed by atoms with E-state index in [0.29, 0.717) is 5.56 Å². The zero-order chi connectivity index (χ0) is 10.7. The van der Waals surface area contributed by atoms with Gasteiger partial charge in [0, 0.05) is 11.0 Å². The van der Waals surface area contributed by atoms with Crippen LogP contribution in [0.2, 0.25) is 0 Å². The van der Waals surface area contributed by atoms with Gasteiger partial charge in [-0.05, 0) is 30.2 Å². The topological polar surface area (TPSA) is 66.5 Å². The molecular weight excluding hydrogens is 246 g/mol. The standard InChI is InChI=1S/C10H14BrNO2/c1-6-2-3-7(11)4-8(6)10(14)9(13)5-12/h2-4,9-10,13-14H,5,12H2,1H3. The Morgan fingerprint density at radius 1 is 1.43 bits per heavy atom. The van der Waals surface area contributed by atoms with E-state index >= 15 is 0 Å². The number of hydrogen-bond donors (Lipinski definition) is 3. The molecule has 0 saturated heterocycles. The maximum absolute atomic E-state index is 9.74. The van der Waals surface area contributed by atoms with Crippen molar-refractivity contribution in [1.82, 2.24) is 0 Å². The SMILES string of the molecule is Cc1ccc(Br)cc1C(O)C(O)CN. The minimum atomic E-state index is -0.919. The van der Waals surface area contributed by atoms with Crippen LogP contribution < -0.4 is 5.73 Å². The maximum Gasteiger partial charge on any atom is 0.106 e. The van der Waals surface area contributed by atoms with Crippen molar-refractivity contribution < 1.29 is 10.2 Å². The Bertz CT molecular complexity index is 317. The van der Waals surface area contributed by atoms with Gasteiger partial charge in [0.2, 0.25) is 0 Å². The van der Waals surface area contributed by atoms with E-state index in [0.717, 1.165) is 10.0 Å². The zero-order valence-corrected chi connectivity index (χ0v) is 9.53. The van der Waals surface area contributed by atoms with E-state index in [-0.39, 0.29) is 6.54 Å². The van der Waals surface area contributed by atoms with Gasteiger partial charge < -0.3 is 15.9 Å². The molecule has 0 fully saturated rings. The second-order valence-corrected chi connectivity index (χ2v) is 4.16. The van der Waals surface area contributed by atoms with Gasteiger partial charge in [0.15, 0.2) is 0 Å². The van der Waals surface area contributed by atoms with Gasteiger partial charge in [0.05, 0.1) is 6.10 Å². The predicted octanol–water partition coefficient (Wildman–Crippen LogP) is 1.11. The van der Waals surface area contributed by atoms with E-state index in [1.165, 1.54) is 0 Å². The molecule has 0 radical (unpaired) electrons. The Hall–Kier alpha value is -0.420. The normalized spacial score (nSPS) is 15.2. The molecule has 4 heteroatoms. The fourth-order valence-electron chi connectivity index (χ4n) is 1.27. The van der Waals surface area contributed by atoms with Crippen LogP contribution in [0.4, 0.5) is 0 Å². The largest absolute Gasteiger partial charge is 0.389 e. The molecule has 0 amide bonds. The van der Waals surface area contributed by atoms with Gasteiger partial charge in [-0.3, -0.25) is 0 Å². The van der Waals surface area contributed by atoms with Gasteiger partial charge in [0.1, 0.15) is 6.10 Å². The van der Waals surface area contributed by atoms with Gasteiger partial charge in [-0.15, -0.1) is 0 Å². The Labute approximate surface area is 91.7 Å².